The van der Waals surface area contributed by atoms with Gasteiger partial charge in [0.1, 0.15) is 0 Å². The lowest BCUT2D eigenvalue weighted by Gasteiger charge is -2.21. The van der Waals surface area contributed by atoms with E-state index in [2.05, 4.69) is 48.3 Å². The molecule has 0 heterocycles. The minimum absolute atomic E-state index is 0.577. The molecular formula is C13H30N4O. The van der Waals surface area contributed by atoms with Gasteiger partial charge in [-0.25, -0.2) is 0 Å². The van der Waals surface area contributed by atoms with E-state index in [-0.39, 0.29) is 0 Å². The van der Waals surface area contributed by atoms with Crippen LogP contribution < -0.4 is 10.6 Å². The first-order valence-electron chi connectivity index (χ1n) is 6.83. The number of ether oxygens (including phenoxy) is 1. The fraction of sp³-hybridized carbons (Fsp3) is 0.923. The molecule has 5 nitrogen and oxygen atoms in total. The van der Waals surface area contributed by atoms with E-state index in [0.717, 1.165) is 45.2 Å². The summed E-state index contributed by atoms with van der Waals surface area (Å²) in [4.78, 5) is 6.80. The Labute approximate surface area is 112 Å². The van der Waals surface area contributed by atoms with Crippen molar-refractivity contribution >= 4 is 5.96 Å². The number of hydrogen-bond donors (Lipinski definition) is 2. The molecule has 5 heteroatoms. The van der Waals surface area contributed by atoms with Crippen LogP contribution in [-0.4, -0.2) is 63.8 Å². The van der Waals surface area contributed by atoms with Crippen molar-refractivity contribution in [2.75, 3.05) is 46.9 Å². The minimum atomic E-state index is 0.577. The number of guanidine groups is 1. The van der Waals surface area contributed by atoms with Crippen molar-refractivity contribution in [3.63, 3.8) is 0 Å². The Balaban J connectivity index is 3.88. The van der Waals surface area contributed by atoms with E-state index in [9.17, 15) is 0 Å². The van der Waals surface area contributed by atoms with Crippen LogP contribution >= 0.6 is 0 Å². The number of aliphatic imine (C=N–C) groups is 1. The first-order valence-corrected chi connectivity index (χ1v) is 6.83. The maximum atomic E-state index is 5.01. The van der Waals surface area contributed by atoms with E-state index in [0.29, 0.717) is 6.04 Å². The monoisotopic (exact) mass is 258 g/mol. The van der Waals surface area contributed by atoms with Crippen molar-refractivity contribution in [3.05, 3.63) is 0 Å². The molecule has 0 aromatic carbocycles. The molecule has 108 valence electrons. The van der Waals surface area contributed by atoms with Crippen LogP contribution in [0.4, 0.5) is 0 Å². The molecule has 2 N–H and O–H groups in total. The van der Waals surface area contributed by atoms with Crippen LogP contribution in [-0.2, 0) is 4.74 Å². The summed E-state index contributed by atoms with van der Waals surface area (Å²) in [7, 11) is 3.85. The molecule has 0 aromatic heterocycles. The first-order chi connectivity index (χ1) is 8.61. The molecule has 0 aliphatic heterocycles. The molecule has 0 aromatic rings. The normalized spacial score (nSPS) is 12.3. The summed E-state index contributed by atoms with van der Waals surface area (Å²) >= 11 is 0. The SMILES string of the molecule is CCNC(=NCCCOC)NCCN(C)C(C)C. The second kappa shape index (κ2) is 11.3. The molecule has 0 atom stereocenters. The molecule has 0 saturated heterocycles. The predicted octanol–water partition coefficient (Wildman–Crippen LogP) is 0.918. The van der Waals surface area contributed by atoms with Gasteiger partial charge in [-0.1, -0.05) is 0 Å². The molecule has 18 heavy (non-hydrogen) atoms. The summed E-state index contributed by atoms with van der Waals surface area (Å²) in [5.74, 6) is 0.894. The standard InChI is InChI=1S/C13H30N4O/c1-6-14-13(15-8-7-11-18-5)16-9-10-17(4)12(2)3/h12H,6-11H2,1-5H3,(H2,14,15,16). The van der Waals surface area contributed by atoms with Gasteiger partial charge in [0.15, 0.2) is 5.96 Å². The van der Waals surface area contributed by atoms with E-state index in [1.54, 1.807) is 7.11 Å². The third-order valence-corrected chi connectivity index (χ3v) is 2.76. The zero-order chi connectivity index (χ0) is 13.8. The van der Waals surface area contributed by atoms with Crippen LogP contribution in [0.2, 0.25) is 0 Å². The van der Waals surface area contributed by atoms with Crippen LogP contribution in [0, 0.1) is 0 Å². The first kappa shape index (κ1) is 17.2. The Kier molecular flexibility index (Phi) is 10.8. The number of nitrogens with one attached hydrogen (secondary N) is 2. The summed E-state index contributed by atoms with van der Waals surface area (Å²) in [6, 6.07) is 0.577. The van der Waals surface area contributed by atoms with E-state index in [4.69, 9.17) is 4.74 Å². The number of hydrogen-bond acceptors (Lipinski definition) is 3. The van der Waals surface area contributed by atoms with Gasteiger partial charge in [-0.05, 0) is 34.2 Å². The van der Waals surface area contributed by atoms with Gasteiger partial charge in [-0.3, -0.25) is 4.99 Å². The second-order valence-corrected chi connectivity index (χ2v) is 4.61. The van der Waals surface area contributed by atoms with Crippen molar-refractivity contribution in [1.82, 2.24) is 15.5 Å². The molecule has 0 amide bonds. The topological polar surface area (TPSA) is 48.9 Å². The molecule has 0 rings (SSSR count). The Morgan fingerprint density at radius 2 is 2.06 bits per heavy atom. The largest absolute Gasteiger partial charge is 0.385 e. The second-order valence-electron chi connectivity index (χ2n) is 4.61. The van der Waals surface area contributed by atoms with Crippen LogP contribution in [0.15, 0.2) is 4.99 Å². The molecule has 0 unspecified atom stereocenters. The van der Waals surface area contributed by atoms with Crippen LogP contribution in [0.1, 0.15) is 27.2 Å². The minimum Gasteiger partial charge on any atom is -0.385 e. The van der Waals surface area contributed by atoms with Gasteiger partial charge >= 0.3 is 0 Å². The maximum Gasteiger partial charge on any atom is 0.191 e. The third kappa shape index (κ3) is 9.24. The lowest BCUT2D eigenvalue weighted by molar-refractivity contribution is 0.197. The van der Waals surface area contributed by atoms with Crippen LogP contribution in [0.3, 0.4) is 0 Å². The smallest absolute Gasteiger partial charge is 0.191 e. The number of methoxy groups -OCH3 is 1. The van der Waals surface area contributed by atoms with Gasteiger partial charge in [0.2, 0.25) is 0 Å². The van der Waals surface area contributed by atoms with E-state index < -0.39 is 0 Å². The fourth-order valence-corrected chi connectivity index (χ4v) is 1.35. The predicted molar refractivity (Wildman–Crippen MR) is 78.2 cm³/mol. The summed E-state index contributed by atoms with van der Waals surface area (Å²) in [5, 5.41) is 6.58. The van der Waals surface area contributed by atoms with Crippen LogP contribution in [0.25, 0.3) is 0 Å². The van der Waals surface area contributed by atoms with E-state index >= 15 is 0 Å². The van der Waals surface area contributed by atoms with Gasteiger partial charge in [0, 0.05) is 45.9 Å². The number of rotatable bonds is 9. The number of likely N-dealkylation sites (N-methyl/N-ethyl adjacent to an activating group) is 1. The average molecular weight is 258 g/mol. The maximum absolute atomic E-state index is 5.01. The molecule has 0 aliphatic carbocycles. The van der Waals surface area contributed by atoms with Gasteiger partial charge in [-0.15, -0.1) is 0 Å². The lowest BCUT2D eigenvalue weighted by Crippen LogP contribution is -2.42. The van der Waals surface area contributed by atoms with Gasteiger partial charge in [0.25, 0.3) is 0 Å². The molecular weight excluding hydrogens is 228 g/mol. The lowest BCUT2D eigenvalue weighted by atomic mass is 10.3. The summed E-state index contributed by atoms with van der Waals surface area (Å²) < 4.78 is 5.01. The molecule has 0 aliphatic rings. The summed E-state index contributed by atoms with van der Waals surface area (Å²) in [6.07, 6.45) is 0.957. The van der Waals surface area contributed by atoms with Gasteiger partial charge in [0.05, 0.1) is 0 Å². The number of nitrogens with zero attached hydrogens (tertiary/aromatic N) is 2. The Morgan fingerprint density at radius 1 is 1.33 bits per heavy atom. The zero-order valence-corrected chi connectivity index (χ0v) is 12.6. The van der Waals surface area contributed by atoms with Gasteiger partial charge in [-0.2, -0.15) is 0 Å². The van der Waals surface area contributed by atoms with Crippen molar-refractivity contribution in [3.8, 4) is 0 Å². The fourth-order valence-electron chi connectivity index (χ4n) is 1.35. The summed E-state index contributed by atoms with van der Waals surface area (Å²) in [6.45, 7) is 10.8. The Morgan fingerprint density at radius 3 is 2.61 bits per heavy atom. The average Bonchev–Trinajstić information content (AvgIpc) is 2.34. The zero-order valence-electron chi connectivity index (χ0n) is 12.6. The molecule has 0 saturated carbocycles. The van der Waals surface area contributed by atoms with E-state index in [1.807, 2.05) is 0 Å². The van der Waals surface area contributed by atoms with Crippen LogP contribution in [0.5, 0.6) is 0 Å². The molecule has 0 spiro atoms. The highest BCUT2D eigenvalue weighted by Crippen LogP contribution is 1.90. The van der Waals surface area contributed by atoms with E-state index in [1.165, 1.54) is 0 Å². The van der Waals surface area contributed by atoms with Crippen molar-refractivity contribution in [2.45, 2.75) is 33.2 Å². The quantitative estimate of drug-likeness (QED) is 0.367. The van der Waals surface area contributed by atoms with Crippen molar-refractivity contribution < 1.29 is 4.74 Å². The Hall–Kier alpha value is -0.810. The Bertz CT molecular complexity index is 219. The van der Waals surface area contributed by atoms with Gasteiger partial charge < -0.3 is 20.3 Å². The molecule has 0 radical (unpaired) electrons. The molecule has 0 fully saturated rings. The van der Waals surface area contributed by atoms with Crippen molar-refractivity contribution in [2.24, 2.45) is 4.99 Å². The molecule has 0 bridgehead atoms. The summed E-state index contributed by atoms with van der Waals surface area (Å²) in [5.41, 5.74) is 0. The third-order valence-electron chi connectivity index (χ3n) is 2.76. The van der Waals surface area contributed by atoms with Crippen molar-refractivity contribution in [1.29, 1.82) is 0 Å². The highest BCUT2D eigenvalue weighted by molar-refractivity contribution is 5.79. The highest BCUT2D eigenvalue weighted by atomic mass is 16.5. The highest BCUT2D eigenvalue weighted by Gasteiger charge is 2.02.